The van der Waals surface area contributed by atoms with E-state index < -0.39 is 0 Å². The van der Waals surface area contributed by atoms with Crippen molar-refractivity contribution in [1.82, 2.24) is 14.8 Å². The fourth-order valence-electron chi connectivity index (χ4n) is 1.76. The Morgan fingerprint density at radius 2 is 2.33 bits per heavy atom. The lowest BCUT2D eigenvalue weighted by Crippen LogP contribution is -2.26. The highest BCUT2D eigenvalue weighted by Gasteiger charge is 2.15. The highest BCUT2D eigenvalue weighted by molar-refractivity contribution is 7.11. The first kappa shape index (κ1) is 15.5. The summed E-state index contributed by atoms with van der Waals surface area (Å²) < 4.78 is 1.19. The van der Waals surface area contributed by atoms with Crippen molar-refractivity contribution in [2.45, 2.75) is 32.9 Å². The first-order valence-electron chi connectivity index (χ1n) is 6.47. The van der Waals surface area contributed by atoms with Crippen LogP contribution in [0.3, 0.4) is 0 Å². The zero-order valence-corrected chi connectivity index (χ0v) is 13.3. The van der Waals surface area contributed by atoms with Gasteiger partial charge in [-0.05, 0) is 13.3 Å². The molecule has 0 saturated heterocycles. The molecule has 0 radical (unpaired) electrons. The summed E-state index contributed by atoms with van der Waals surface area (Å²) in [7, 11) is 0. The summed E-state index contributed by atoms with van der Waals surface area (Å²) in [5, 5.41) is 8.18. The van der Waals surface area contributed by atoms with Gasteiger partial charge in [0.05, 0.1) is 17.3 Å². The van der Waals surface area contributed by atoms with Crippen molar-refractivity contribution in [1.29, 1.82) is 0 Å². The van der Waals surface area contributed by atoms with E-state index in [1.165, 1.54) is 15.8 Å². The van der Waals surface area contributed by atoms with Gasteiger partial charge in [-0.3, -0.25) is 4.79 Å². The average Bonchev–Trinajstić information content (AvgIpc) is 2.95. The third-order valence-corrected chi connectivity index (χ3v) is 4.50. The molecule has 110 valence electrons. The lowest BCUT2D eigenvalue weighted by molar-refractivity contribution is 0.662. The lowest BCUT2D eigenvalue weighted by atomic mass is 10.3. The standard InChI is InChI=1S/C14H15ClN4OS/c1-4-6-19-14(20)12(11(15)8-17-19)18-9(3)13-16-7-10(5-2)21-13/h1,7-9,18H,5-6H2,2-3H3. The van der Waals surface area contributed by atoms with Gasteiger partial charge in [-0.25, -0.2) is 9.67 Å². The van der Waals surface area contributed by atoms with Crippen LogP contribution in [0.2, 0.25) is 5.02 Å². The number of nitrogens with one attached hydrogen (secondary N) is 1. The van der Waals surface area contributed by atoms with Crippen LogP contribution in [-0.2, 0) is 13.0 Å². The number of hydrogen-bond donors (Lipinski definition) is 1. The van der Waals surface area contributed by atoms with E-state index in [1.54, 1.807) is 11.3 Å². The Kier molecular flexibility index (Phi) is 4.99. The van der Waals surface area contributed by atoms with Gasteiger partial charge >= 0.3 is 0 Å². The third kappa shape index (κ3) is 3.43. The summed E-state index contributed by atoms with van der Waals surface area (Å²) in [6.45, 7) is 4.11. The first-order chi connectivity index (χ1) is 10.1. The molecule has 0 fully saturated rings. The largest absolute Gasteiger partial charge is 0.370 e. The van der Waals surface area contributed by atoms with E-state index in [0.29, 0.717) is 5.69 Å². The Morgan fingerprint density at radius 3 is 2.95 bits per heavy atom. The van der Waals surface area contributed by atoms with Crippen molar-refractivity contribution in [2.75, 3.05) is 5.32 Å². The van der Waals surface area contributed by atoms with Crippen LogP contribution in [0.25, 0.3) is 0 Å². The quantitative estimate of drug-likeness (QED) is 0.860. The molecule has 1 atom stereocenters. The molecule has 5 nitrogen and oxygen atoms in total. The highest BCUT2D eigenvalue weighted by Crippen LogP contribution is 2.25. The predicted molar refractivity (Wildman–Crippen MR) is 85.9 cm³/mol. The molecule has 21 heavy (non-hydrogen) atoms. The van der Waals surface area contributed by atoms with Crippen molar-refractivity contribution in [2.24, 2.45) is 0 Å². The monoisotopic (exact) mass is 322 g/mol. The Morgan fingerprint density at radius 1 is 1.57 bits per heavy atom. The summed E-state index contributed by atoms with van der Waals surface area (Å²) in [5.74, 6) is 2.39. The molecule has 0 amide bonds. The van der Waals surface area contributed by atoms with Crippen LogP contribution < -0.4 is 10.9 Å². The number of halogens is 1. The van der Waals surface area contributed by atoms with Crippen LogP contribution in [0.1, 0.15) is 29.8 Å². The maximum absolute atomic E-state index is 12.2. The second-order valence-electron chi connectivity index (χ2n) is 4.42. The zero-order valence-electron chi connectivity index (χ0n) is 11.8. The zero-order chi connectivity index (χ0) is 15.4. The van der Waals surface area contributed by atoms with Crippen molar-refractivity contribution in [3.8, 4) is 12.3 Å². The van der Waals surface area contributed by atoms with Gasteiger partial charge in [0, 0.05) is 11.1 Å². The summed E-state index contributed by atoms with van der Waals surface area (Å²) in [6, 6.07) is -0.123. The van der Waals surface area contributed by atoms with E-state index in [0.717, 1.165) is 11.4 Å². The molecule has 2 aromatic heterocycles. The number of aryl methyl sites for hydroxylation is 1. The minimum Gasteiger partial charge on any atom is -0.370 e. The predicted octanol–water partition coefficient (Wildman–Crippen LogP) is 2.72. The number of thiazole rings is 1. The van der Waals surface area contributed by atoms with Gasteiger partial charge in [-0.1, -0.05) is 24.4 Å². The van der Waals surface area contributed by atoms with Crippen molar-refractivity contribution in [3.05, 3.63) is 37.7 Å². The van der Waals surface area contributed by atoms with Crippen LogP contribution in [0.5, 0.6) is 0 Å². The minimum atomic E-state index is -0.334. The topological polar surface area (TPSA) is 59.8 Å². The normalized spacial score (nSPS) is 11.9. The van der Waals surface area contributed by atoms with E-state index in [9.17, 15) is 4.79 Å². The third-order valence-electron chi connectivity index (χ3n) is 2.89. The molecule has 0 aliphatic heterocycles. The fraction of sp³-hybridized carbons (Fsp3) is 0.357. The van der Waals surface area contributed by atoms with Crippen LogP contribution in [0, 0.1) is 12.3 Å². The molecule has 2 heterocycles. The molecule has 0 saturated carbocycles. The van der Waals surface area contributed by atoms with Crippen molar-refractivity contribution >= 4 is 28.6 Å². The maximum atomic E-state index is 12.2. The second kappa shape index (κ2) is 6.74. The molecular formula is C14H15ClN4OS. The average molecular weight is 323 g/mol. The van der Waals surface area contributed by atoms with Gasteiger partial charge in [-0.15, -0.1) is 17.8 Å². The minimum absolute atomic E-state index is 0.107. The molecule has 0 aromatic carbocycles. The van der Waals surface area contributed by atoms with Gasteiger partial charge in [-0.2, -0.15) is 5.10 Å². The molecule has 7 heteroatoms. The SMILES string of the molecule is C#CCn1ncc(Cl)c(NC(C)c2ncc(CC)s2)c1=O. The number of hydrogen-bond acceptors (Lipinski definition) is 5. The Bertz CT molecular complexity index is 731. The lowest BCUT2D eigenvalue weighted by Gasteiger charge is -2.14. The fourth-order valence-corrected chi connectivity index (χ4v) is 2.80. The smallest absolute Gasteiger partial charge is 0.292 e. The molecule has 2 aromatic rings. The van der Waals surface area contributed by atoms with Crippen LogP contribution >= 0.6 is 22.9 Å². The van der Waals surface area contributed by atoms with E-state index in [-0.39, 0.29) is 23.2 Å². The Hall–Kier alpha value is -1.84. The summed E-state index contributed by atoms with van der Waals surface area (Å²) in [6.07, 6.45) is 9.42. The molecule has 1 N–H and O–H groups in total. The molecule has 1 unspecified atom stereocenters. The van der Waals surface area contributed by atoms with Crippen LogP contribution in [0.15, 0.2) is 17.2 Å². The summed E-state index contributed by atoms with van der Waals surface area (Å²) in [4.78, 5) is 17.8. The summed E-state index contributed by atoms with van der Waals surface area (Å²) in [5.41, 5.74) is -0.0396. The number of nitrogens with zero attached hydrogens (tertiary/aromatic N) is 3. The van der Waals surface area contributed by atoms with Gasteiger partial charge in [0.25, 0.3) is 5.56 Å². The highest BCUT2D eigenvalue weighted by atomic mass is 35.5. The molecule has 0 spiro atoms. The van der Waals surface area contributed by atoms with E-state index >= 15 is 0 Å². The van der Waals surface area contributed by atoms with E-state index in [4.69, 9.17) is 18.0 Å². The number of aromatic nitrogens is 3. The second-order valence-corrected chi connectivity index (χ2v) is 5.97. The number of anilines is 1. The van der Waals surface area contributed by atoms with Gasteiger partial charge in [0.15, 0.2) is 0 Å². The van der Waals surface area contributed by atoms with Crippen molar-refractivity contribution in [3.63, 3.8) is 0 Å². The first-order valence-corrected chi connectivity index (χ1v) is 7.66. The molecule has 0 aliphatic carbocycles. The Balaban J connectivity index is 2.28. The maximum Gasteiger partial charge on any atom is 0.292 e. The number of terminal acetylenes is 1. The molecule has 0 bridgehead atoms. The van der Waals surface area contributed by atoms with Gasteiger partial charge < -0.3 is 5.32 Å². The van der Waals surface area contributed by atoms with Crippen LogP contribution in [-0.4, -0.2) is 14.8 Å². The van der Waals surface area contributed by atoms with Gasteiger partial charge in [0.1, 0.15) is 17.2 Å². The molecular weight excluding hydrogens is 308 g/mol. The summed E-state index contributed by atoms with van der Waals surface area (Å²) >= 11 is 7.67. The molecule has 2 rings (SSSR count). The van der Waals surface area contributed by atoms with Gasteiger partial charge in [0.2, 0.25) is 0 Å². The van der Waals surface area contributed by atoms with E-state index in [2.05, 4.69) is 28.2 Å². The Labute approximate surface area is 132 Å². The molecule has 0 aliphatic rings. The van der Waals surface area contributed by atoms with Crippen molar-refractivity contribution < 1.29 is 0 Å². The number of rotatable bonds is 5. The van der Waals surface area contributed by atoms with Crippen LogP contribution in [0.4, 0.5) is 5.69 Å². The van der Waals surface area contributed by atoms with E-state index in [1.807, 2.05) is 13.1 Å².